The highest BCUT2D eigenvalue weighted by Gasteiger charge is 2.33. The summed E-state index contributed by atoms with van der Waals surface area (Å²) in [5.41, 5.74) is 0. The number of nitrogens with one attached hydrogen (secondary N) is 2. The molecule has 10 nitrogen and oxygen atoms in total. The van der Waals surface area contributed by atoms with Crippen molar-refractivity contribution < 1.29 is 27.5 Å². The molecule has 4 rings (SSSR count). The summed E-state index contributed by atoms with van der Waals surface area (Å²) in [6.45, 7) is 4.04. The van der Waals surface area contributed by atoms with Gasteiger partial charge in [0.05, 0.1) is 24.2 Å². The van der Waals surface area contributed by atoms with E-state index < -0.39 is 22.1 Å². The lowest BCUT2D eigenvalue weighted by Crippen LogP contribution is -2.56. The molecule has 3 aliphatic rings. The second-order valence-electron chi connectivity index (χ2n) is 9.07. The van der Waals surface area contributed by atoms with Gasteiger partial charge >= 0.3 is 6.03 Å². The first-order chi connectivity index (χ1) is 16.3. The number of carbonyl (C=O) groups is 2. The van der Waals surface area contributed by atoms with Crippen LogP contribution in [0.5, 0.6) is 11.5 Å². The number of urea groups is 1. The molecule has 0 unspecified atom stereocenters. The lowest BCUT2D eigenvalue weighted by atomic mass is 9.96. The Balaban J connectivity index is 1.30. The summed E-state index contributed by atoms with van der Waals surface area (Å²) >= 11 is 0. The number of carbonyl (C=O) groups excluding carboxylic acids is 2. The Labute approximate surface area is 201 Å². The normalized spacial score (nSPS) is 21.3. The van der Waals surface area contributed by atoms with Gasteiger partial charge in [-0.3, -0.25) is 15.0 Å². The summed E-state index contributed by atoms with van der Waals surface area (Å²) in [7, 11) is -3.71. The Morgan fingerprint density at radius 2 is 1.65 bits per heavy atom. The van der Waals surface area contributed by atoms with E-state index in [-0.39, 0.29) is 29.9 Å². The standard InChI is InChI=1S/C23H34N4O6S/c1-17(22(28)25-23(29)24-18-6-3-2-4-7-18)26-10-12-27(13-11-26)34(30,31)19-8-9-20-21(16-19)33-15-5-14-32-20/h8-9,16-18H,2-7,10-15H2,1H3,(H2,24,25,28,29)/t17-/m0/s1. The van der Waals surface area contributed by atoms with E-state index in [4.69, 9.17) is 9.47 Å². The second kappa shape index (κ2) is 10.9. The SMILES string of the molecule is C[C@@H](C(=O)NC(=O)NC1CCCCC1)N1CCN(S(=O)(=O)c2ccc3c(c2)OCCCO3)CC1. The molecule has 1 atom stereocenters. The second-order valence-corrected chi connectivity index (χ2v) is 11.0. The summed E-state index contributed by atoms with van der Waals surface area (Å²) in [4.78, 5) is 26.8. The van der Waals surface area contributed by atoms with Crippen LogP contribution in [0.2, 0.25) is 0 Å². The largest absolute Gasteiger partial charge is 0.490 e. The number of ether oxygens (including phenoxy) is 2. The van der Waals surface area contributed by atoms with Crippen molar-refractivity contribution in [2.75, 3.05) is 39.4 Å². The van der Waals surface area contributed by atoms with Crippen LogP contribution in [0.3, 0.4) is 0 Å². The highest BCUT2D eigenvalue weighted by Crippen LogP contribution is 2.33. The molecule has 2 heterocycles. The molecule has 0 aromatic heterocycles. The number of rotatable bonds is 5. The van der Waals surface area contributed by atoms with Crippen molar-refractivity contribution in [1.82, 2.24) is 19.8 Å². The van der Waals surface area contributed by atoms with Gasteiger partial charge in [-0.1, -0.05) is 19.3 Å². The number of nitrogens with zero attached hydrogens (tertiary/aromatic N) is 2. The van der Waals surface area contributed by atoms with Gasteiger partial charge in [0.25, 0.3) is 0 Å². The lowest BCUT2D eigenvalue weighted by molar-refractivity contribution is -0.125. The number of amides is 3. The van der Waals surface area contributed by atoms with Crippen molar-refractivity contribution in [3.8, 4) is 11.5 Å². The topological polar surface area (TPSA) is 117 Å². The van der Waals surface area contributed by atoms with E-state index >= 15 is 0 Å². The van der Waals surface area contributed by atoms with Gasteiger partial charge in [0.2, 0.25) is 15.9 Å². The highest BCUT2D eigenvalue weighted by atomic mass is 32.2. The molecule has 1 aromatic carbocycles. The summed E-state index contributed by atoms with van der Waals surface area (Å²) in [5.74, 6) is 0.607. The number of piperazine rings is 1. The number of hydrogen-bond donors (Lipinski definition) is 2. The number of benzene rings is 1. The van der Waals surface area contributed by atoms with Crippen molar-refractivity contribution in [3.63, 3.8) is 0 Å². The van der Waals surface area contributed by atoms with Crippen LogP contribution in [0.15, 0.2) is 23.1 Å². The molecule has 1 aromatic rings. The third-order valence-corrected chi connectivity index (χ3v) is 8.63. The van der Waals surface area contributed by atoms with E-state index in [0.29, 0.717) is 37.8 Å². The van der Waals surface area contributed by atoms with E-state index in [9.17, 15) is 18.0 Å². The van der Waals surface area contributed by atoms with E-state index in [0.717, 1.165) is 32.1 Å². The maximum atomic E-state index is 13.2. The van der Waals surface area contributed by atoms with Crippen LogP contribution in [-0.2, 0) is 14.8 Å². The Kier molecular flexibility index (Phi) is 7.95. The van der Waals surface area contributed by atoms with Crippen molar-refractivity contribution >= 4 is 22.0 Å². The van der Waals surface area contributed by atoms with Crippen molar-refractivity contribution in [3.05, 3.63) is 18.2 Å². The molecule has 0 spiro atoms. The van der Waals surface area contributed by atoms with Gasteiger partial charge < -0.3 is 14.8 Å². The molecular formula is C23H34N4O6S. The minimum atomic E-state index is -3.71. The van der Waals surface area contributed by atoms with Crippen molar-refractivity contribution in [1.29, 1.82) is 0 Å². The van der Waals surface area contributed by atoms with Crippen LogP contribution in [0.25, 0.3) is 0 Å². The molecule has 0 bridgehead atoms. The fourth-order valence-corrected chi connectivity index (χ4v) is 6.07. The summed E-state index contributed by atoms with van der Waals surface area (Å²) in [5, 5.41) is 5.32. The molecule has 188 valence electrons. The Bertz CT molecular complexity index is 987. The van der Waals surface area contributed by atoms with Gasteiger partial charge in [0.15, 0.2) is 11.5 Å². The number of imide groups is 1. The first-order valence-corrected chi connectivity index (χ1v) is 13.5. The molecule has 1 saturated carbocycles. The average molecular weight is 495 g/mol. The zero-order valence-corrected chi connectivity index (χ0v) is 20.4. The number of hydrogen-bond acceptors (Lipinski definition) is 7. The van der Waals surface area contributed by atoms with Crippen molar-refractivity contribution in [2.45, 2.75) is 62.4 Å². The molecule has 2 aliphatic heterocycles. The fourth-order valence-electron chi connectivity index (χ4n) is 4.63. The predicted octanol–water partition coefficient (Wildman–Crippen LogP) is 1.70. The van der Waals surface area contributed by atoms with Crippen LogP contribution < -0.4 is 20.1 Å². The van der Waals surface area contributed by atoms with Gasteiger partial charge in [0, 0.05) is 44.7 Å². The maximum absolute atomic E-state index is 13.2. The van der Waals surface area contributed by atoms with Gasteiger partial charge in [-0.25, -0.2) is 13.2 Å². The predicted molar refractivity (Wildman–Crippen MR) is 125 cm³/mol. The minimum absolute atomic E-state index is 0.121. The zero-order valence-electron chi connectivity index (χ0n) is 19.6. The quantitative estimate of drug-likeness (QED) is 0.640. The highest BCUT2D eigenvalue weighted by molar-refractivity contribution is 7.89. The molecule has 3 amide bonds. The number of sulfonamides is 1. The van der Waals surface area contributed by atoms with Crippen LogP contribution in [0.1, 0.15) is 45.4 Å². The molecule has 2 fully saturated rings. The summed E-state index contributed by atoms with van der Waals surface area (Å²) < 4.78 is 39.0. The Hall–Kier alpha value is -2.37. The van der Waals surface area contributed by atoms with E-state index in [1.54, 1.807) is 13.0 Å². The minimum Gasteiger partial charge on any atom is -0.490 e. The third kappa shape index (κ3) is 5.81. The lowest BCUT2D eigenvalue weighted by Gasteiger charge is -2.36. The van der Waals surface area contributed by atoms with E-state index in [1.807, 2.05) is 4.90 Å². The van der Waals surface area contributed by atoms with E-state index in [1.165, 1.54) is 22.9 Å². The van der Waals surface area contributed by atoms with Crippen LogP contribution in [0, 0.1) is 0 Å². The Morgan fingerprint density at radius 1 is 0.971 bits per heavy atom. The molecule has 34 heavy (non-hydrogen) atoms. The van der Waals surface area contributed by atoms with E-state index in [2.05, 4.69) is 10.6 Å². The number of fused-ring (bicyclic) bond motifs is 1. The monoisotopic (exact) mass is 494 g/mol. The molecule has 1 aliphatic carbocycles. The van der Waals surface area contributed by atoms with Gasteiger partial charge in [-0.2, -0.15) is 4.31 Å². The summed E-state index contributed by atoms with van der Waals surface area (Å²) in [6.07, 6.45) is 6.00. The average Bonchev–Trinajstić information content (AvgIpc) is 3.09. The first kappa shape index (κ1) is 24.7. The fraction of sp³-hybridized carbons (Fsp3) is 0.652. The first-order valence-electron chi connectivity index (χ1n) is 12.1. The van der Waals surface area contributed by atoms with Gasteiger partial charge in [0.1, 0.15) is 0 Å². The Morgan fingerprint density at radius 3 is 2.35 bits per heavy atom. The zero-order chi connectivity index (χ0) is 24.1. The molecule has 11 heteroatoms. The van der Waals surface area contributed by atoms with Crippen LogP contribution in [-0.4, -0.2) is 81.0 Å². The molecule has 2 N–H and O–H groups in total. The third-order valence-electron chi connectivity index (χ3n) is 6.73. The summed E-state index contributed by atoms with van der Waals surface area (Å²) in [6, 6.07) is 3.81. The molecule has 1 saturated heterocycles. The van der Waals surface area contributed by atoms with Crippen LogP contribution in [0.4, 0.5) is 4.79 Å². The molecule has 0 radical (unpaired) electrons. The maximum Gasteiger partial charge on any atom is 0.321 e. The van der Waals surface area contributed by atoms with Crippen molar-refractivity contribution in [2.24, 2.45) is 0 Å². The van der Waals surface area contributed by atoms with Gasteiger partial charge in [-0.15, -0.1) is 0 Å². The molecular weight excluding hydrogens is 460 g/mol. The van der Waals surface area contributed by atoms with Gasteiger partial charge in [-0.05, 0) is 31.9 Å². The smallest absolute Gasteiger partial charge is 0.321 e. The van der Waals surface area contributed by atoms with Crippen LogP contribution >= 0.6 is 0 Å².